The molecule has 0 aromatic heterocycles. The van der Waals surface area contributed by atoms with Crippen molar-refractivity contribution in [2.24, 2.45) is 0 Å². The molecule has 1 aliphatic rings. The van der Waals surface area contributed by atoms with Gasteiger partial charge in [0.2, 0.25) is 0 Å². The fourth-order valence-corrected chi connectivity index (χ4v) is 3.09. The number of nitrogens with one attached hydrogen (secondary N) is 1. The minimum Gasteiger partial charge on any atom is -0.496 e. The zero-order valence-corrected chi connectivity index (χ0v) is 14.3. The number of methoxy groups -OCH3 is 1. The lowest BCUT2D eigenvalue weighted by molar-refractivity contribution is 0.292. The van der Waals surface area contributed by atoms with E-state index in [4.69, 9.17) is 4.74 Å². The molecular weight excluding hydrogens is 284 g/mol. The van der Waals surface area contributed by atoms with Crippen molar-refractivity contribution < 1.29 is 4.74 Å². The SMILES string of the molecule is CCN(CC)CCNC1CCc2cccc(OC)c2C1.Cl. The Bertz CT molecular complexity index is 407. The summed E-state index contributed by atoms with van der Waals surface area (Å²) in [6.07, 6.45) is 3.49. The van der Waals surface area contributed by atoms with Gasteiger partial charge in [-0.05, 0) is 49.5 Å². The van der Waals surface area contributed by atoms with E-state index in [9.17, 15) is 0 Å². The summed E-state index contributed by atoms with van der Waals surface area (Å²) in [5.41, 5.74) is 2.87. The maximum absolute atomic E-state index is 5.50. The number of ether oxygens (including phenoxy) is 1. The fraction of sp³-hybridized carbons (Fsp3) is 0.647. The molecule has 1 unspecified atom stereocenters. The smallest absolute Gasteiger partial charge is 0.122 e. The topological polar surface area (TPSA) is 24.5 Å². The van der Waals surface area contributed by atoms with Crippen molar-refractivity contribution in [2.75, 3.05) is 33.3 Å². The molecule has 0 bridgehead atoms. The van der Waals surface area contributed by atoms with Crippen LogP contribution in [-0.2, 0) is 12.8 Å². The Labute approximate surface area is 135 Å². The van der Waals surface area contributed by atoms with Crippen molar-refractivity contribution in [2.45, 2.75) is 39.2 Å². The number of halogens is 1. The third kappa shape index (κ3) is 4.87. The maximum Gasteiger partial charge on any atom is 0.122 e. The Morgan fingerprint density at radius 2 is 2.05 bits per heavy atom. The molecule has 0 heterocycles. The molecule has 0 radical (unpaired) electrons. The largest absolute Gasteiger partial charge is 0.496 e. The van der Waals surface area contributed by atoms with Crippen LogP contribution in [0.25, 0.3) is 0 Å². The van der Waals surface area contributed by atoms with Gasteiger partial charge in [-0.25, -0.2) is 0 Å². The van der Waals surface area contributed by atoms with Crippen LogP contribution in [-0.4, -0.2) is 44.2 Å². The lowest BCUT2D eigenvalue weighted by atomic mass is 9.87. The van der Waals surface area contributed by atoms with E-state index in [1.54, 1.807) is 7.11 Å². The normalized spacial score (nSPS) is 17.2. The van der Waals surface area contributed by atoms with E-state index < -0.39 is 0 Å². The highest BCUT2D eigenvalue weighted by molar-refractivity contribution is 5.85. The fourth-order valence-electron chi connectivity index (χ4n) is 3.09. The summed E-state index contributed by atoms with van der Waals surface area (Å²) in [6, 6.07) is 7.02. The number of rotatable bonds is 7. The predicted octanol–water partition coefficient (Wildman–Crippen LogP) is 2.91. The van der Waals surface area contributed by atoms with Gasteiger partial charge in [0.25, 0.3) is 0 Å². The summed E-state index contributed by atoms with van der Waals surface area (Å²) >= 11 is 0. The number of hydrogen-bond acceptors (Lipinski definition) is 3. The number of aryl methyl sites for hydroxylation is 1. The monoisotopic (exact) mass is 312 g/mol. The highest BCUT2D eigenvalue weighted by Crippen LogP contribution is 2.29. The van der Waals surface area contributed by atoms with Crippen molar-refractivity contribution in [3.8, 4) is 5.75 Å². The van der Waals surface area contributed by atoms with Crippen LogP contribution in [0.15, 0.2) is 18.2 Å². The van der Waals surface area contributed by atoms with Gasteiger partial charge < -0.3 is 15.0 Å². The number of fused-ring (bicyclic) bond motifs is 1. The molecule has 1 aromatic carbocycles. The Kier molecular flexibility index (Phi) is 8.09. The van der Waals surface area contributed by atoms with Gasteiger partial charge in [0.05, 0.1) is 7.11 Å². The molecule has 2 rings (SSSR count). The molecule has 3 nitrogen and oxygen atoms in total. The first-order valence-electron chi connectivity index (χ1n) is 7.89. The van der Waals surface area contributed by atoms with Crippen LogP contribution in [0.3, 0.4) is 0 Å². The number of likely N-dealkylation sites (N-methyl/N-ethyl adjacent to an activating group) is 1. The molecule has 21 heavy (non-hydrogen) atoms. The summed E-state index contributed by atoms with van der Waals surface area (Å²) < 4.78 is 5.50. The van der Waals surface area contributed by atoms with E-state index in [0.717, 1.165) is 44.8 Å². The number of hydrogen-bond donors (Lipinski definition) is 1. The zero-order valence-electron chi connectivity index (χ0n) is 13.5. The third-order valence-corrected chi connectivity index (χ3v) is 4.42. The zero-order chi connectivity index (χ0) is 14.4. The van der Waals surface area contributed by atoms with E-state index in [2.05, 4.69) is 42.3 Å². The quantitative estimate of drug-likeness (QED) is 0.838. The van der Waals surface area contributed by atoms with Crippen molar-refractivity contribution in [1.82, 2.24) is 10.2 Å². The van der Waals surface area contributed by atoms with E-state index in [1.807, 2.05) is 0 Å². The van der Waals surface area contributed by atoms with Crippen LogP contribution in [0.4, 0.5) is 0 Å². The van der Waals surface area contributed by atoms with Gasteiger partial charge in [0.1, 0.15) is 5.75 Å². The van der Waals surface area contributed by atoms with Gasteiger partial charge in [-0.15, -0.1) is 12.4 Å². The average Bonchev–Trinajstić information content (AvgIpc) is 2.51. The summed E-state index contributed by atoms with van der Waals surface area (Å²) in [4.78, 5) is 2.46. The Hall–Kier alpha value is -0.770. The van der Waals surface area contributed by atoms with Crippen LogP contribution in [0.2, 0.25) is 0 Å². The highest BCUT2D eigenvalue weighted by atomic mass is 35.5. The molecule has 120 valence electrons. The first-order chi connectivity index (χ1) is 9.78. The molecule has 0 amide bonds. The highest BCUT2D eigenvalue weighted by Gasteiger charge is 2.20. The van der Waals surface area contributed by atoms with Crippen LogP contribution < -0.4 is 10.1 Å². The molecule has 4 heteroatoms. The lowest BCUT2D eigenvalue weighted by Gasteiger charge is -2.28. The van der Waals surface area contributed by atoms with Crippen LogP contribution in [0, 0.1) is 0 Å². The second kappa shape index (κ2) is 9.29. The molecular formula is C17H29ClN2O. The summed E-state index contributed by atoms with van der Waals surface area (Å²) in [5.74, 6) is 1.05. The molecule has 0 aliphatic heterocycles. The molecule has 0 saturated carbocycles. The molecule has 0 fully saturated rings. The maximum atomic E-state index is 5.50. The van der Waals surface area contributed by atoms with E-state index in [1.165, 1.54) is 17.5 Å². The van der Waals surface area contributed by atoms with Gasteiger partial charge in [0.15, 0.2) is 0 Å². The third-order valence-electron chi connectivity index (χ3n) is 4.42. The first-order valence-corrected chi connectivity index (χ1v) is 7.89. The van der Waals surface area contributed by atoms with E-state index in [-0.39, 0.29) is 12.4 Å². The lowest BCUT2D eigenvalue weighted by Crippen LogP contribution is -2.40. The molecule has 1 N–H and O–H groups in total. The van der Waals surface area contributed by atoms with E-state index in [0.29, 0.717) is 6.04 Å². The standard InChI is InChI=1S/C17H28N2O.ClH/c1-4-19(5-2)12-11-18-15-10-9-14-7-6-8-17(20-3)16(14)13-15;/h6-8,15,18H,4-5,9-13H2,1-3H3;1H. The molecule has 1 aliphatic carbocycles. The molecule has 1 aromatic rings. The minimum atomic E-state index is 0. The summed E-state index contributed by atoms with van der Waals surface area (Å²) in [6.45, 7) is 8.95. The van der Waals surface area contributed by atoms with Crippen molar-refractivity contribution in [3.63, 3.8) is 0 Å². The Morgan fingerprint density at radius 3 is 2.71 bits per heavy atom. The van der Waals surface area contributed by atoms with Crippen LogP contribution in [0.5, 0.6) is 5.75 Å². The molecule has 0 spiro atoms. The molecule has 1 atom stereocenters. The van der Waals surface area contributed by atoms with Gasteiger partial charge in [0, 0.05) is 19.1 Å². The predicted molar refractivity (Wildman–Crippen MR) is 91.8 cm³/mol. The van der Waals surface area contributed by atoms with Crippen molar-refractivity contribution >= 4 is 12.4 Å². The summed E-state index contributed by atoms with van der Waals surface area (Å²) in [7, 11) is 1.77. The van der Waals surface area contributed by atoms with Crippen molar-refractivity contribution in [1.29, 1.82) is 0 Å². The number of benzene rings is 1. The Balaban J connectivity index is 0.00000220. The van der Waals surface area contributed by atoms with Gasteiger partial charge in [-0.2, -0.15) is 0 Å². The average molecular weight is 313 g/mol. The van der Waals surface area contributed by atoms with Gasteiger partial charge in [-0.1, -0.05) is 26.0 Å². The first kappa shape index (κ1) is 18.3. The minimum absolute atomic E-state index is 0. The van der Waals surface area contributed by atoms with Gasteiger partial charge in [-0.3, -0.25) is 0 Å². The molecule has 0 saturated heterocycles. The number of nitrogens with zero attached hydrogens (tertiary/aromatic N) is 1. The second-order valence-electron chi connectivity index (χ2n) is 5.52. The van der Waals surface area contributed by atoms with Gasteiger partial charge >= 0.3 is 0 Å². The van der Waals surface area contributed by atoms with E-state index >= 15 is 0 Å². The Morgan fingerprint density at radius 1 is 1.29 bits per heavy atom. The second-order valence-corrected chi connectivity index (χ2v) is 5.52. The van der Waals surface area contributed by atoms with Crippen LogP contribution >= 0.6 is 12.4 Å². The summed E-state index contributed by atoms with van der Waals surface area (Å²) in [5, 5.41) is 3.72. The van der Waals surface area contributed by atoms with Crippen molar-refractivity contribution in [3.05, 3.63) is 29.3 Å². The van der Waals surface area contributed by atoms with Crippen LogP contribution in [0.1, 0.15) is 31.4 Å².